The van der Waals surface area contributed by atoms with Crippen molar-refractivity contribution in [1.82, 2.24) is 5.43 Å². The number of carbonyl (C=O) groups excluding carboxylic acids is 1. The highest BCUT2D eigenvalue weighted by atomic mass is 32.2. The van der Waals surface area contributed by atoms with E-state index in [2.05, 4.69) is 10.5 Å². The highest BCUT2D eigenvalue weighted by Gasteiger charge is 2.05. The number of rotatable bonds is 8. The molecule has 2 aromatic rings. The molecule has 130 valence electrons. The van der Waals surface area contributed by atoms with Crippen LogP contribution in [0.3, 0.4) is 0 Å². The van der Waals surface area contributed by atoms with Crippen molar-refractivity contribution < 1.29 is 23.8 Å². The number of halogens is 1. The summed E-state index contributed by atoms with van der Waals surface area (Å²) in [7, 11) is 0. The molecule has 0 aliphatic carbocycles. The monoisotopic (exact) mass is 362 g/mol. The lowest BCUT2D eigenvalue weighted by molar-refractivity contribution is -0.139. The molecule has 0 bridgehead atoms. The summed E-state index contributed by atoms with van der Waals surface area (Å²) in [5, 5.41) is 12.3. The molecule has 2 aromatic carbocycles. The Morgan fingerprint density at radius 2 is 1.92 bits per heavy atom. The van der Waals surface area contributed by atoms with Gasteiger partial charge in [0.05, 0.1) is 12.0 Å². The molecule has 2 N–H and O–H groups in total. The van der Waals surface area contributed by atoms with Gasteiger partial charge >= 0.3 is 5.97 Å². The molecule has 0 aliphatic rings. The van der Waals surface area contributed by atoms with Crippen molar-refractivity contribution in [3.8, 4) is 5.75 Å². The highest BCUT2D eigenvalue weighted by molar-refractivity contribution is 8.00. The number of benzene rings is 2. The van der Waals surface area contributed by atoms with E-state index in [0.29, 0.717) is 16.2 Å². The Morgan fingerprint density at radius 1 is 1.20 bits per heavy atom. The summed E-state index contributed by atoms with van der Waals surface area (Å²) in [6.07, 6.45) is 1.44. The summed E-state index contributed by atoms with van der Waals surface area (Å²) < 4.78 is 18.4. The van der Waals surface area contributed by atoms with Gasteiger partial charge in [0.15, 0.2) is 6.61 Å². The van der Waals surface area contributed by atoms with Crippen LogP contribution in [0.2, 0.25) is 0 Å². The summed E-state index contributed by atoms with van der Waals surface area (Å²) in [6.45, 7) is -0.414. The molecule has 0 saturated carbocycles. The minimum atomic E-state index is -1.05. The van der Waals surface area contributed by atoms with E-state index in [-0.39, 0.29) is 17.5 Å². The van der Waals surface area contributed by atoms with E-state index < -0.39 is 12.6 Å². The van der Waals surface area contributed by atoms with Crippen LogP contribution in [0.4, 0.5) is 4.39 Å². The van der Waals surface area contributed by atoms with E-state index in [1.165, 1.54) is 12.3 Å². The number of amides is 1. The Labute approximate surface area is 147 Å². The predicted molar refractivity (Wildman–Crippen MR) is 92.4 cm³/mol. The van der Waals surface area contributed by atoms with Crippen LogP contribution in [-0.4, -0.2) is 35.6 Å². The van der Waals surface area contributed by atoms with Gasteiger partial charge in [0, 0.05) is 4.90 Å². The third-order valence-electron chi connectivity index (χ3n) is 2.84. The van der Waals surface area contributed by atoms with E-state index in [1.54, 1.807) is 42.5 Å². The summed E-state index contributed by atoms with van der Waals surface area (Å²) >= 11 is 1.09. The minimum Gasteiger partial charge on any atom is -0.482 e. The van der Waals surface area contributed by atoms with Crippen LogP contribution >= 0.6 is 11.8 Å². The summed E-state index contributed by atoms with van der Waals surface area (Å²) in [4.78, 5) is 22.5. The highest BCUT2D eigenvalue weighted by Crippen LogP contribution is 2.20. The quantitative estimate of drug-likeness (QED) is 0.428. The van der Waals surface area contributed by atoms with Gasteiger partial charge < -0.3 is 9.84 Å². The molecular formula is C17H15FN2O4S. The predicted octanol–water partition coefficient (Wildman–Crippen LogP) is 2.53. The average molecular weight is 362 g/mol. The largest absolute Gasteiger partial charge is 0.482 e. The third kappa shape index (κ3) is 6.64. The Morgan fingerprint density at radius 3 is 2.60 bits per heavy atom. The maximum absolute atomic E-state index is 13.4. The zero-order valence-electron chi connectivity index (χ0n) is 13.0. The van der Waals surface area contributed by atoms with Gasteiger partial charge in [-0.1, -0.05) is 12.1 Å². The molecule has 8 heteroatoms. The van der Waals surface area contributed by atoms with Crippen molar-refractivity contribution >= 4 is 29.9 Å². The first kappa shape index (κ1) is 18.5. The van der Waals surface area contributed by atoms with Gasteiger partial charge in [-0.15, -0.1) is 11.8 Å². The van der Waals surface area contributed by atoms with Crippen LogP contribution in [0.5, 0.6) is 5.75 Å². The molecule has 0 aliphatic heterocycles. The molecule has 0 aromatic heterocycles. The zero-order chi connectivity index (χ0) is 18.1. The number of hydrogen-bond acceptors (Lipinski definition) is 5. The molecule has 0 heterocycles. The van der Waals surface area contributed by atoms with E-state index in [1.807, 2.05) is 0 Å². The molecule has 0 unspecified atom stereocenters. The third-order valence-corrected chi connectivity index (χ3v) is 3.89. The fourth-order valence-electron chi connectivity index (χ4n) is 1.71. The Hall–Kier alpha value is -2.87. The van der Waals surface area contributed by atoms with Crippen LogP contribution in [0.15, 0.2) is 58.5 Å². The number of carboxylic acids is 1. The van der Waals surface area contributed by atoms with Crippen LogP contribution in [0.25, 0.3) is 0 Å². The number of hydrogen-bond donors (Lipinski definition) is 2. The topological polar surface area (TPSA) is 88.0 Å². The number of carbonyl (C=O) groups is 2. The molecule has 0 spiro atoms. The summed E-state index contributed by atoms with van der Waals surface area (Å²) in [5.74, 6) is -1.31. The van der Waals surface area contributed by atoms with E-state index in [9.17, 15) is 14.0 Å². The lowest BCUT2D eigenvalue weighted by Crippen LogP contribution is -2.19. The van der Waals surface area contributed by atoms with Crippen molar-refractivity contribution in [1.29, 1.82) is 0 Å². The first-order valence-corrected chi connectivity index (χ1v) is 8.17. The second-order valence-corrected chi connectivity index (χ2v) is 5.78. The molecular weight excluding hydrogens is 347 g/mol. The molecule has 6 nitrogen and oxygen atoms in total. The normalized spacial score (nSPS) is 10.6. The van der Waals surface area contributed by atoms with Crippen LogP contribution < -0.4 is 10.2 Å². The number of thioether (sulfide) groups is 1. The summed E-state index contributed by atoms with van der Waals surface area (Å²) in [5.41, 5.74) is 3.05. The van der Waals surface area contributed by atoms with Gasteiger partial charge in [-0.05, 0) is 42.0 Å². The Bertz CT molecular complexity index is 765. The molecule has 0 saturated heterocycles. The molecule has 25 heavy (non-hydrogen) atoms. The first-order chi connectivity index (χ1) is 12.0. The van der Waals surface area contributed by atoms with Crippen molar-refractivity contribution in [2.24, 2.45) is 5.10 Å². The zero-order valence-corrected chi connectivity index (χ0v) is 13.8. The molecule has 2 rings (SSSR count). The summed E-state index contributed by atoms with van der Waals surface area (Å²) in [6, 6.07) is 12.8. The van der Waals surface area contributed by atoms with Gasteiger partial charge in [-0.3, -0.25) is 4.79 Å². The molecule has 0 fully saturated rings. The average Bonchev–Trinajstić information content (AvgIpc) is 2.60. The van der Waals surface area contributed by atoms with Gasteiger partial charge in [0.25, 0.3) is 0 Å². The van der Waals surface area contributed by atoms with E-state index in [0.717, 1.165) is 11.8 Å². The van der Waals surface area contributed by atoms with Gasteiger partial charge in [0.1, 0.15) is 11.6 Å². The maximum Gasteiger partial charge on any atom is 0.341 e. The second kappa shape index (κ2) is 9.43. The number of ether oxygens (including phenoxy) is 1. The van der Waals surface area contributed by atoms with Crippen molar-refractivity contribution in [3.05, 3.63) is 59.9 Å². The van der Waals surface area contributed by atoms with Crippen molar-refractivity contribution in [3.63, 3.8) is 0 Å². The molecule has 1 amide bonds. The second-order valence-electron chi connectivity index (χ2n) is 4.76. The van der Waals surface area contributed by atoms with Gasteiger partial charge in [-0.25, -0.2) is 14.6 Å². The number of nitrogens with zero attached hydrogens (tertiary/aromatic N) is 1. The standard InChI is InChI=1S/C17H15FN2O4S/c18-14-3-1-2-4-15(14)25-11-16(21)20-19-9-12-5-7-13(8-6-12)24-10-17(22)23/h1-9H,10-11H2,(H,20,21)(H,22,23)/b19-9-. The number of carboxylic acid groups (broad SMARTS) is 1. The van der Waals surface area contributed by atoms with E-state index >= 15 is 0 Å². The number of hydrazone groups is 1. The Kier molecular flexibility index (Phi) is 6.97. The minimum absolute atomic E-state index is 0.0419. The Balaban J connectivity index is 1.77. The fourth-order valence-corrected chi connectivity index (χ4v) is 2.44. The lowest BCUT2D eigenvalue weighted by atomic mass is 10.2. The maximum atomic E-state index is 13.4. The van der Waals surface area contributed by atoms with Gasteiger partial charge in [-0.2, -0.15) is 5.10 Å². The van der Waals surface area contributed by atoms with Crippen LogP contribution in [0, 0.1) is 5.82 Å². The number of aliphatic carboxylic acids is 1. The SMILES string of the molecule is O=C(O)COc1ccc(/C=N\NC(=O)CSc2ccccc2F)cc1. The fraction of sp³-hybridized carbons (Fsp3) is 0.118. The smallest absolute Gasteiger partial charge is 0.341 e. The number of nitrogens with one attached hydrogen (secondary N) is 1. The van der Waals surface area contributed by atoms with Crippen molar-refractivity contribution in [2.75, 3.05) is 12.4 Å². The molecule has 0 radical (unpaired) electrons. The van der Waals surface area contributed by atoms with Gasteiger partial charge in [0.2, 0.25) is 5.91 Å². The van der Waals surface area contributed by atoms with Crippen LogP contribution in [0.1, 0.15) is 5.56 Å². The first-order valence-electron chi connectivity index (χ1n) is 7.18. The molecule has 0 atom stereocenters. The van der Waals surface area contributed by atoms with Crippen LogP contribution in [-0.2, 0) is 9.59 Å². The van der Waals surface area contributed by atoms with Crippen molar-refractivity contribution in [2.45, 2.75) is 4.90 Å². The van der Waals surface area contributed by atoms with E-state index in [4.69, 9.17) is 9.84 Å². The lowest BCUT2D eigenvalue weighted by Gasteiger charge is -2.03.